The van der Waals surface area contributed by atoms with Gasteiger partial charge >= 0.3 is 0 Å². The highest BCUT2D eigenvalue weighted by molar-refractivity contribution is 5.26. The molecule has 0 aliphatic rings. The lowest BCUT2D eigenvalue weighted by Gasteiger charge is -2.06. The minimum atomic E-state index is 0.958. The predicted molar refractivity (Wildman–Crippen MR) is 81.5 cm³/mol. The third kappa shape index (κ3) is 3.48. The molecular formula is C17H24N2. The summed E-state index contributed by atoms with van der Waals surface area (Å²) in [4.78, 5) is 0. The molecule has 0 saturated heterocycles. The average Bonchev–Trinajstić information content (AvgIpc) is 2.62. The van der Waals surface area contributed by atoms with Gasteiger partial charge in [0.15, 0.2) is 0 Å². The third-order valence-corrected chi connectivity index (χ3v) is 3.87. The summed E-state index contributed by atoms with van der Waals surface area (Å²) in [7, 11) is 2.13. The van der Waals surface area contributed by atoms with Crippen LogP contribution >= 0.6 is 0 Å². The molecule has 1 aromatic heterocycles. The van der Waals surface area contributed by atoms with Crippen LogP contribution < -0.4 is 5.32 Å². The van der Waals surface area contributed by atoms with E-state index >= 15 is 0 Å². The van der Waals surface area contributed by atoms with Crippen LogP contribution in [-0.4, -0.2) is 11.1 Å². The molecule has 0 aliphatic heterocycles. The second-order valence-corrected chi connectivity index (χ2v) is 5.37. The molecule has 0 atom stereocenters. The molecule has 0 bridgehead atoms. The van der Waals surface area contributed by atoms with E-state index in [0.717, 1.165) is 19.5 Å². The van der Waals surface area contributed by atoms with Gasteiger partial charge in [-0.15, -0.1) is 0 Å². The van der Waals surface area contributed by atoms with Crippen LogP contribution in [0.15, 0.2) is 30.3 Å². The molecule has 102 valence electrons. The molecule has 0 amide bonds. The van der Waals surface area contributed by atoms with E-state index in [9.17, 15) is 0 Å². The lowest BCUT2D eigenvalue weighted by Crippen LogP contribution is -2.17. The molecular weight excluding hydrogens is 232 g/mol. The second-order valence-electron chi connectivity index (χ2n) is 5.37. The Morgan fingerprint density at radius 1 is 1.11 bits per heavy atom. The van der Waals surface area contributed by atoms with Gasteiger partial charge in [0, 0.05) is 25.0 Å². The van der Waals surface area contributed by atoms with Crippen LogP contribution in [0.1, 0.15) is 28.1 Å². The van der Waals surface area contributed by atoms with Crippen molar-refractivity contribution in [2.75, 3.05) is 6.54 Å². The highest BCUT2D eigenvalue weighted by atomic mass is 15.0. The van der Waals surface area contributed by atoms with Gasteiger partial charge in [-0.25, -0.2) is 0 Å². The summed E-state index contributed by atoms with van der Waals surface area (Å²) in [6, 6.07) is 11.0. The smallest absolute Gasteiger partial charge is 0.0223 e. The first kappa shape index (κ1) is 13.9. The fourth-order valence-corrected chi connectivity index (χ4v) is 2.44. The van der Waals surface area contributed by atoms with Gasteiger partial charge < -0.3 is 9.88 Å². The van der Waals surface area contributed by atoms with Crippen molar-refractivity contribution in [3.63, 3.8) is 0 Å². The molecule has 2 nitrogen and oxygen atoms in total. The molecule has 0 radical (unpaired) electrons. The normalized spacial score (nSPS) is 10.9. The van der Waals surface area contributed by atoms with E-state index < -0.39 is 0 Å². The van der Waals surface area contributed by atoms with Crippen LogP contribution in [0.5, 0.6) is 0 Å². The molecule has 2 aromatic rings. The maximum Gasteiger partial charge on any atom is 0.0223 e. The highest BCUT2D eigenvalue weighted by Crippen LogP contribution is 2.12. The van der Waals surface area contributed by atoms with Crippen molar-refractivity contribution >= 4 is 0 Å². The Labute approximate surface area is 116 Å². The lowest BCUT2D eigenvalue weighted by molar-refractivity contribution is 0.681. The molecule has 2 heteroatoms. The van der Waals surface area contributed by atoms with E-state index in [-0.39, 0.29) is 0 Å². The van der Waals surface area contributed by atoms with Crippen molar-refractivity contribution in [3.05, 3.63) is 58.4 Å². The predicted octanol–water partition coefficient (Wildman–Crippen LogP) is 3.28. The van der Waals surface area contributed by atoms with Crippen LogP contribution in [0.3, 0.4) is 0 Å². The van der Waals surface area contributed by atoms with Gasteiger partial charge in [0.05, 0.1) is 0 Å². The number of nitrogens with zero attached hydrogens (tertiary/aromatic N) is 1. The summed E-state index contributed by atoms with van der Waals surface area (Å²) >= 11 is 0. The lowest BCUT2D eigenvalue weighted by atomic mass is 10.1. The van der Waals surface area contributed by atoms with Crippen LogP contribution in [0.25, 0.3) is 0 Å². The minimum Gasteiger partial charge on any atom is -0.352 e. The maximum absolute atomic E-state index is 3.54. The van der Waals surface area contributed by atoms with Gasteiger partial charge in [0.25, 0.3) is 0 Å². The molecule has 1 aromatic carbocycles. The molecule has 0 fully saturated rings. The molecule has 2 rings (SSSR count). The van der Waals surface area contributed by atoms with E-state index in [4.69, 9.17) is 0 Å². The summed E-state index contributed by atoms with van der Waals surface area (Å²) < 4.78 is 2.25. The number of hydrogen-bond acceptors (Lipinski definition) is 1. The quantitative estimate of drug-likeness (QED) is 0.812. The number of aromatic nitrogens is 1. The van der Waals surface area contributed by atoms with E-state index in [1.807, 2.05) is 0 Å². The molecule has 19 heavy (non-hydrogen) atoms. The van der Waals surface area contributed by atoms with E-state index in [1.54, 1.807) is 0 Å². The Morgan fingerprint density at radius 3 is 2.53 bits per heavy atom. The number of aryl methyl sites for hydroxylation is 2. The number of benzene rings is 1. The Balaban J connectivity index is 1.82. The van der Waals surface area contributed by atoms with Gasteiger partial charge in [-0.2, -0.15) is 0 Å². The summed E-state index contributed by atoms with van der Waals surface area (Å²) in [6.45, 7) is 8.47. The van der Waals surface area contributed by atoms with E-state index in [1.165, 1.54) is 28.1 Å². The molecule has 1 heterocycles. The molecule has 0 aliphatic carbocycles. The SMILES string of the molecule is Cc1cccc(CCNCc2cc(C)n(C)c2C)c1. The summed E-state index contributed by atoms with van der Waals surface area (Å²) in [5.74, 6) is 0. The fraction of sp³-hybridized carbons (Fsp3) is 0.412. The first-order valence-corrected chi connectivity index (χ1v) is 6.96. The average molecular weight is 256 g/mol. The number of nitrogens with one attached hydrogen (secondary N) is 1. The van der Waals surface area contributed by atoms with Crippen molar-refractivity contribution < 1.29 is 0 Å². The molecule has 1 N–H and O–H groups in total. The van der Waals surface area contributed by atoms with Gasteiger partial charge in [-0.1, -0.05) is 29.8 Å². The van der Waals surface area contributed by atoms with Crippen LogP contribution in [0.4, 0.5) is 0 Å². The van der Waals surface area contributed by atoms with Crippen LogP contribution in [0, 0.1) is 20.8 Å². The first-order chi connectivity index (χ1) is 9.08. The van der Waals surface area contributed by atoms with Crippen molar-refractivity contribution in [1.82, 2.24) is 9.88 Å². The largest absolute Gasteiger partial charge is 0.352 e. The maximum atomic E-state index is 3.54. The van der Waals surface area contributed by atoms with Gasteiger partial charge in [0.2, 0.25) is 0 Å². The zero-order valence-electron chi connectivity index (χ0n) is 12.5. The zero-order valence-corrected chi connectivity index (χ0v) is 12.5. The standard InChI is InChI=1S/C17H24N2/c1-13-6-5-7-16(10-13)8-9-18-12-17-11-14(2)19(4)15(17)3/h5-7,10-11,18H,8-9,12H2,1-4H3. The van der Waals surface area contributed by atoms with Crippen LogP contribution in [0.2, 0.25) is 0 Å². The molecule has 0 unspecified atom stereocenters. The Kier molecular flexibility index (Phi) is 4.43. The van der Waals surface area contributed by atoms with Crippen LogP contribution in [-0.2, 0) is 20.0 Å². The van der Waals surface area contributed by atoms with Crippen molar-refractivity contribution in [3.8, 4) is 0 Å². The van der Waals surface area contributed by atoms with Gasteiger partial charge in [0.1, 0.15) is 0 Å². The Hall–Kier alpha value is -1.54. The molecule has 0 saturated carbocycles. The highest BCUT2D eigenvalue weighted by Gasteiger charge is 2.04. The summed E-state index contributed by atoms with van der Waals surface area (Å²) in [6.07, 6.45) is 1.09. The van der Waals surface area contributed by atoms with Gasteiger partial charge in [-0.05, 0) is 50.9 Å². The van der Waals surface area contributed by atoms with Crippen molar-refractivity contribution in [2.45, 2.75) is 33.7 Å². The Morgan fingerprint density at radius 2 is 1.89 bits per heavy atom. The van der Waals surface area contributed by atoms with Gasteiger partial charge in [-0.3, -0.25) is 0 Å². The Bertz CT molecular complexity index is 552. The van der Waals surface area contributed by atoms with E-state index in [0.29, 0.717) is 0 Å². The number of rotatable bonds is 5. The fourth-order valence-electron chi connectivity index (χ4n) is 2.44. The summed E-state index contributed by atoms with van der Waals surface area (Å²) in [5, 5.41) is 3.54. The van der Waals surface area contributed by atoms with Crippen molar-refractivity contribution in [1.29, 1.82) is 0 Å². The van der Waals surface area contributed by atoms with E-state index in [2.05, 4.69) is 68.0 Å². The topological polar surface area (TPSA) is 17.0 Å². The summed E-state index contributed by atoms with van der Waals surface area (Å²) in [5.41, 5.74) is 6.85. The third-order valence-electron chi connectivity index (χ3n) is 3.87. The second kappa shape index (κ2) is 6.07. The number of hydrogen-bond donors (Lipinski definition) is 1. The minimum absolute atomic E-state index is 0.958. The zero-order chi connectivity index (χ0) is 13.8. The van der Waals surface area contributed by atoms with Crippen molar-refractivity contribution in [2.24, 2.45) is 7.05 Å². The molecule has 0 spiro atoms. The first-order valence-electron chi connectivity index (χ1n) is 6.96. The monoisotopic (exact) mass is 256 g/mol.